The van der Waals surface area contributed by atoms with Crippen molar-refractivity contribution in [3.8, 4) is 0 Å². The van der Waals surface area contributed by atoms with Gasteiger partial charge in [-0.15, -0.1) is 0 Å². The van der Waals surface area contributed by atoms with Crippen LogP contribution in [0.4, 0.5) is 0 Å². The van der Waals surface area contributed by atoms with E-state index >= 15 is 0 Å². The van der Waals surface area contributed by atoms with E-state index in [2.05, 4.69) is 4.90 Å². The van der Waals surface area contributed by atoms with E-state index in [1.54, 1.807) is 0 Å². The molecule has 64 valence electrons. The Kier molecular flexibility index (Phi) is 1.67. The van der Waals surface area contributed by atoms with Gasteiger partial charge in [0.15, 0.2) is 0 Å². The average molecular weight is 157 g/mol. The number of likely N-dealkylation sites (tertiary alicyclic amines) is 1. The Bertz CT molecular complexity index is 162. The Morgan fingerprint density at radius 2 is 2.36 bits per heavy atom. The molecule has 1 aliphatic carbocycles. The highest BCUT2D eigenvalue weighted by Gasteiger charge is 2.55. The van der Waals surface area contributed by atoms with Crippen LogP contribution in [0, 0.1) is 5.92 Å². The van der Waals surface area contributed by atoms with Crippen molar-refractivity contribution in [3.05, 3.63) is 0 Å². The van der Waals surface area contributed by atoms with Gasteiger partial charge in [0, 0.05) is 13.1 Å². The van der Waals surface area contributed by atoms with E-state index in [1.165, 1.54) is 0 Å². The molecule has 0 radical (unpaired) electrons. The number of nitrogens with zero attached hydrogens (tertiary/aromatic N) is 1. The van der Waals surface area contributed by atoms with Crippen LogP contribution in [0.25, 0.3) is 0 Å². The highest BCUT2D eigenvalue weighted by atomic mass is 16.3. The van der Waals surface area contributed by atoms with Crippen LogP contribution >= 0.6 is 0 Å². The molecule has 0 unspecified atom stereocenters. The second-order valence-electron chi connectivity index (χ2n) is 3.79. The van der Waals surface area contributed by atoms with Crippen molar-refractivity contribution < 1.29 is 10.2 Å². The lowest BCUT2D eigenvalue weighted by Gasteiger charge is -2.29. The van der Waals surface area contributed by atoms with E-state index in [9.17, 15) is 5.11 Å². The smallest absolute Gasteiger partial charge is 0.0807 e. The van der Waals surface area contributed by atoms with E-state index in [0.29, 0.717) is 5.92 Å². The van der Waals surface area contributed by atoms with Crippen molar-refractivity contribution in [2.75, 3.05) is 26.2 Å². The van der Waals surface area contributed by atoms with Gasteiger partial charge in [-0.1, -0.05) is 0 Å². The monoisotopic (exact) mass is 157 g/mol. The number of aliphatic hydroxyl groups is 2. The number of aliphatic hydroxyl groups excluding tert-OH is 1. The van der Waals surface area contributed by atoms with E-state index in [4.69, 9.17) is 5.11 Å². The van der Waals surface area contributed by atoms with Crippen LogP contribution in [0.15, 0.2) is 0 Å². The summed E-state index contributed by atoms with van der Waals surface area (Å²) in [4.78, 5) is 2.14. The van der Waals surface area contributed by atoms with Crippen molar-refractivity contribution in [1.82, 2.24) is 4.90 Å². The quantitative estimate of drug-likeness (QED) is 0.564. The molecule has 2 aliphatic rings. The fourth-order valence-electron chi connectivity index (χ4n) is 2.07. The fourth-order valence-corrected chi connectivity index (χ4v) is 2.07. The van der Waals surface area contributed by atoms with Gasteiger partial charge < -0.3 is 10.2 Å². The van der Waals surface area contributed by atoms with Gasteiger partial charge in [-0.25, -0.2) is 0 Å². The number of β-amino-alcohol motifs (C(OH)–C–C–N with tert-alkyl or cyclic N) is 2. The first-order valence-electron chi connectivity index (χ1n) is 4.30. The highest BCUT2D eigenvalue weighted by molar-refractivity contribution is 5.08. The summed E-state index contributed by atoms with van der Waals surface area (Å²) < 4.78 is 0. The Hall–Kier alpha value is -0.120. The van der Waals surface area contributed by atoms with Gasteiger partial charge in [-0.2, -0.15) is 0 Å². The Labute approximate surface area is 66.6 Å². The molecular weight excluding hydrogens is 142 g/mol. The molecule has 1 saturated carbocycles. The Morgan fingerprint density at radius 3 is 3.00 bits per heavy atom. The van der Waals surface area contributed by atoms with Gasteiger partial charge in [0.25, 0.3) is 0 Å². The van der Waals surface area contributed by atoms with Gasteiger partial charge in [-0.3, -0.25) is 4.90 Å². The van der Waals surface area contributed by atoms with Crippen molar-refractivity contribution >= 4 is 0 Å². The van der Waals surface area contributed by atoms with Gasteiger partial charge in [0.05, 0.1) is 12.2 Å². The Morgan fingerprint density at radius 1 is 1.55 bits per heavy atom. The largest absolute Gasteiger partial charge is 0.395 e. The van der Waals surface area contributed by atoms with Crippen LogP contribution in [-0.2, 0) is 0 Å². The first kappa shape index (κ1) is 7.53. The summed E-state index contributed by atoms with van der Waals surface area (Å²) >= 11 is 0. The van der Waals surface area contributed by atoms with Crippen LogP contribution < -0.4 is 0 Å². The number of piperidine rings is 1. The Balaban J connectivity index is 1.87. The molecule has 2 atom stereocenters. The zero-order chi connectivity index (χ0) is 7.90. The van der Waals surface area contributed by atoms with E-state index in [1.807, 2.05) is 0 Å². The zero-order valence-electron chi connectivity index (χ0n) is 6.66. The normalized spacial score (nSPS) is 43.6. The second-order valence-corrected chi connectivity index (χ2v) is 3.79. The minimum absolute atomic E-state index is 0.209. The molecule has 2 N–H and O–H groups in total. The number of hydrogen-bond donors (Lipinski definition) is 2. The van der Waals surface area contributed by atoms with Crippen LogP contribution in [0.1, 0.15) is 12.8 Å². The molecule has 11 heavy (non-hydrogen) atoms. The van der Waals surface area contributed by atoms with E-state index < -0.39 is 0 Å². The molecule has 0 aromatic heterocycles. The highest BCUT2D eigenvalue weighted by Crippen LogP contribution is 2.48. The topological polar surface area (TPSA) is 43.7 Å². The lowest BCUT2D eigenvalue weighted by molar-refractivity contribution is 0.0428. The molecule has 1 heterocycles. The minimum Gasteiger partial charge on any atom is -0.395 e. The summed E-state index contributed by atoms with van der Waals surface area (Å²) in [6.07, 6.45) is 2.09. The molecule has 1 aliphatic heterocycles. The van der Waals surface area contributed by atoms with Crippen molar-refractivity contribution in [1.29, 1.82) is 0 Å². The van der Waals surface area contributed by atoms with Gasteiger partial charge in [-0.05, 0) is 25.3 Å². The maximum absolute atomic E-state index is 9.72. The van der Waals surface area contributed by atoms with Crippen LogP contribution in [-0.4, -0.2) is 47.0 Å². The summed E-state index contributed by atoms with van der Waals surface area (Å²) in [5.41, 5.74) is -0.368. The third kappa shape index (κ3) is 1.28. The van der Waals surface area contributed by atoms with Crippen molar-refractivity contribution in [2.45, 2.75) is 18.4 Å². The van der Waals surface area contributed by atoms with E-state index in [0.717, 1.165) is 32.5 Å². The molecule has 0 aromatic carbocycles. The van der Waals surface area contributed by atoms with Gasteiger partial charge >= 0.3 is 0 Å². The zero-order valence-corrected chi connectivity index (χ0v) is 6.66. The molecule has 0 amide bonds. The van der Waals surface area contributed by atoms with E-state index in [-0.39, 0.29) is 12.2 Å². The molecule has 2 fully saturated rings. The first-order chi connectivity index (χ1) is 5.24. The predicted molar refractivity (Wildman–Crippen MR) is 41.2 cm³/mol. The predicted octanol–water partition coefficient (Wildman–Crippen LogP) is -0.565. The standard InChI is InChI=1S/C8H15NO2/c10-4-3-9-2-1-7-5-8(7,11)6-9/h7,10-11H,1-6H2/t7-,8+/m1/s1. The molecular formula is C8H15NO2. The number of rotatable bonds is 2. The second kappa shape index (κ2) is 2.44. The third-order valence-corrected chi connectivity index (χ3v) is 2.91. The number of fused-ring (bicyclic) bond motifs is 1. The summed E-state index contributed by atoms with van der Waals surface area (Å²) in [5, 5.41) is 18.4. The summed E-state index contributed by atoms with van der Waals surface area (Å²) in [5.74, 6) is 0.567. The van der Waals surface area contributed by atoms with Crippen molar-refractivity contribution in [3.63, 3.8) is 0 Å². The SMILES string of the molecule is OCCN1CC[C@@H]2C[C@]2(O)C1. The number of hydrogen-bond acceptors (Lipinski definition) is 3. The molecule has 1 saturated heterocycles. The van der Waals surface area contributed by atoms with Crippen molar-refractivity contribution in [2.24, 2.45) is 5.92 Å². The molecule has 0 spiro atoms. The lowest BCUT2D eigenvalue weighted by Crippen LogP contribution is -2.41. The average Bonchev–Trinajstić information content (AvgIpc) is 2.60. The molecule has 3 nitrogen and oxygen atoms in total. The van der Waals surface area contributed by atoms with Crippen LogP contribution in [0.2, 0.25) is 0 Å². The summed E-state index contributed by atoms with van der Waals surface area (Å²) in [6, 6.07) is 0. The van der Waals surface area contributed by atoms with Crippen LogP contribution in [0.5, 0.6) is 0 Å². The molecule has 2 rings (SSSR count). The molecule has 0 aromatic rings. The molecule has 3 heteroatoms. The summed E-state index contributed by atoms with van der Waals surface area (Å²) in [7, 11) is 0. The minimum atomic E-state index is -0.368. The van der Waals surface area contributed by atoms with Gasteiger partial charge in [0.1, 0.15) is 0 Å². The van der Waals surface area contributed by atoms with Crippen LogP contribution in [0.3, 0.4) is 0 Å². The van der Waals surface area contributed by atoms with Gasteiger partial charge in [0.2, 0.25) is 0 Å². The molecule has 0 bridgehead atoms. The third-order valence-electron chi connectivity index (χ3n) is 2.91. The summed E-state index contributed by atoms with van der Waals surface area (Å²) in [6.45, 7) is 2.75. The maximum atomic E-state index is 9.72. The maximum Gasteiger partial charge on any atom is 0.0807 e. The lowest BCUT2D eigenvalue weighted by atomic mass is 10.1. The first-order valence-corrected chi connectivity index (χ1v) is 4.30. The fraction of sp³-hybridized carbons (Fsp3) is 1.00.